The number of pyridine rings is 1. The number of hydrogen-bond acceptors (Lipinski definition) is 9. The first-order valence-electron chi connectivity index (χ1n) is 12.0. The Kier molecular flexibility index (Phi) is 6.25. The number of aryl methyl sites for hydroxylation is 2. The van der Waals surface area contributed by atoms with Crippen molar-refractivity contribution in [2.45, 2.75) is 58.5 Å². The number of nitrogens with one attached hydrogen (secondary N) is 2. The number of hydrogen-bond donors (Lipinski definition) is 2. The SMILES string of the molecule is Cc1nc(-c2ccc3ccnc(NC4CC(C(=O)Nc5nc(C)c(C(C)(C)C)s5)N(C)C4)c3c2)no1. The lowest BCUT2D eigenvalue weighted by Gasteiger charge is -2.17. The second-order valence-corrected chi connectivity index (χ2v) is 11.4. The monoisotopic (exact) mass is 505 g/mol. The molecule has 1 saturated heterocycles. The van der Waals surface area contributed by atoms with Crippen molar-refractivity contribution in [1.82, 2.24) is 25.0 Å². The van der Waals surface area contributed by atoms with Crippen LogP contribution in [0.15, 0.2) is 35.0 Å². The minimum atomic E-state index is -0.252. The van der Waals surface area contributed by atoms with Crippen LogP contribution in [0.25, 0.3) is 22.2 Å². The van der Waals surface area contributed by atoms with Crippen LogP contribution in [0.5, 0.6) is 0 Å². The predicted octanol–water partition coefficient (Wildman–Crippen LogP) is 4.78. The molecule has 4 heterocycles. The maximum absolute atomic E-state index is 13.2. The first-order chi connectivity index (χ1) is 17.1. The molecule has 2 N–H and O–H groups in total. The van der Waals surface area contributed by atoms with Crippen LogP contribution in [-0.4, -0.2) is 56.6 Å². The molecule has 1 aliphatic rings. The Labute approximate surface area is 214 Å². The van der Waals surface area contributed by atoms with Crippen molar-refractivity contribution in [2.24, 2.45) is 0 Å². The number of anilines is 2. The van der Waals surface area contributed by atoms with E-state index in [1.54, 1.807) is 24.5 Å². The molecule has 188 valence electrons. The van der Waals surface area contributed by atoms with Gasteiger partial charge in [-0.2, -0.15) is 4.98 Å². The second kappa shape index (κ2) is 9.25. The zero-order valence-electron chi connectivity index (χ0n) is 21.4. The fourth-order valence-corrected chi connectivity index (χ4v) is 5.80. The third kappa shape index (κ3) is 4.83. The molecule has 1 aromatic carbocycles. The molecule has 0 radical (unpaired) electrons. The minimum absolute atomic E-state index is 0.00220. The third-order valence-electron chi connectivity index (χ3n) is 6.45. The Bertz CT molecular complexity index is 1420. The van der Waals surface area contributed by atoms with E-state index in [-0.39, 0.29) is 23.4 Å². The molecule has 10 heteroatoms. The van der Waals surface area contributed by atoms with Gasteiger partial charge >= 0.3 is 0 Å². The molecule has 36 heavy (non-hydrogen) atoms. The van der Waals surface area contributed by atoms with Gasteiger partial charge in [-0.1, -0.05) is 38.1 Å². The van der Waals surface area contributed by atoms with Gasteiger partial charge in [-0.3, -0.25) is 9.69 Å². The molecule has 2 unspecified atom stereocenters. The van der Waals surface area contributed by atoms with Gasteiger partial charge in [0.1, 0.15) is 5.82 Å². The standard InChI is InChI=1S/C26H31N7O2S/c1-14-21(26(3,4)5)36-25(28-14)31-24(34)20-12-18(13-33(20)6)30-23-19-11-17(22-29-15(2)35-32-22)8-7-16(19)9-10-27-23/h7-11,18,20H,12-13H2,1-6H3,(H,27,30)(H,28,31,34). The molecule has 0 aliphatic carbocycles. The van der Waals surface area contributed by atoms with Crippen molar-refractivity contribution < 1.29 is 9.32 Å². The Hall–Kier alpha value is -3.37. The molecule has 4 aromatic rings. The molecule has 5 rings (SSSR count). The number of likely N-dealkylation sites (tertiary alicyclic amines) is 1. The van der Waals surface area contributed by atoms with E-state index in [1.165, 1.54) is 4.88 Å². The highest BCUT2D eigenvalue weighted by atomic mass is 32.1. The van der Waals surface area contributed by atoms with Crippen LogP contribution < -0.4 is 10.6 Å². The average molecular weight is 506 g/mol. The second-order valence-electron chi connectivity index (χ2n) is 10.4. The molecule has 1 amide bonds. The van der Waals surface area contributed by atoms with Crippen LogP contribution in [-0.2, 0) is 10.2 Å². The summed E-state index contributed by atoms with van der Waals surface area (Å²) in [4.78, 5) is 30.0. The summed E-state index contributed by atoms with van der Waals surface area (Å²) in [7, 11) is 1.98. The van der Waals surface area contributed by atoms with E-state index < -0.39 is 0 Å². The zero-order valence-corrected chi connectivity index (χ0v) is 22.2. The smallest absolute Gasteiger partial charge is 0.243 e. The van der Waals surface area contributed by atoms with E-state index in [4.69, 9.17) is 4.52 Å². The molecule has 0 bridgehead atoms. The summed E-state index contributed by atoms with van der Waals surface area (Å²) in [5.41, 5.74) is 1.83. The Morgan fingerprint density at radius 2 is 2.00 bits per heavy atom. The summed E-state index contributed by atoms with van der Waals surface area (Å²) in [5.74, 6) is 1.82. The van der Waals surface area contributed by atoms with Crippen molar-refractivity contribution in [3.8, 4) is 11.4 Å². The lowest BCUT2D eigenvalue weighted by molar-refractivity contribution is -0.119. The Morgan fingerprint density at radius 3 is 2.69 bits per heavy atom. The number of carbonyl (C=O) groups is 1. The molecule has 1 fully saturated rings. The van der Waals surface area contributed by atoms with E-state index in [9.17, 15) is 4.79 Å². The highest BCUT2D eigenvalue weighted by molar-refractivity contribution is 7.16. The van der Waals surface area contributed by atoms with Crippen LogP contribution >= 0.6 is 11.3 Å². The quantitative estimate of drug-likeness (QED) is 0.399. The minimum Gasteiger partial charge on any atom is -0.365 e. The summed E-state index contributed by atoms with van der Waals surface area (Å²) < 4.78 is 5.14. The van der Waals surface area contributed by atoms with Gasteiger partial charge in [0.25, 0.3) is 0 Å². The molecule has 1 aliphatic heterocycles. The van der Waals surface area contributed by atoms with Crippen LogP contribution in [0.4, 0.5) is 10.9 Å². The maximum atomic E-state index is 13.2. The van der Waals surface area contributed by atoms with Crippen LogP contribution in [0.1, 0.15) is 43.7 Å². The number of benzene rings is 1. The van der Waals surface area contributed by atoms with Crippen molar-refractivity contribution in [1.29, 1.82) is 0 Å². The van der Waals surface area contributed by atoms with Crippen LogP contribution in [0.3, 0.4) is 0 Å². The van der Waals surface area contributed by atoms with Gasteiger partial charge in [0, 0.05) is 41.5 Å². The first-order valence-corrected chi connectivity index (χ1v) is 12.8. The summed E-state index contributed by atoms with van der Waals surface area (Å²) in [5, 5.41) is 13.4. The summed E-state index contributed by atoms with van der Waals surface area (Å²) in [6.45, 7) is 11.0. The van der Waals surface area contributed by atoms with Gasteiger partial charge in [0.2, 0.25) is 17.6 Å². The van der Waals surface area contributed by atoms with Crippen molar-refractivity contribution in [3.63, 3.8) is 0 Å². The van der Waals surface area contributed by atoms with Crippen LogP contribution in [0, 0.1) is 13.8 Å². The summed E-state index contributed by atoms with van der Waals surface area (Å²) in [6.07, 6.45) is 2.46. The number of amides is 1. The highest BCUT2D eigenvalue weighted by Gasteiger charge is 2.35. The maximum Gasteiger partial charge on any atom is 0.243 e. The fourth-order valence-electron chi connectivity index (χ4n) is 4.78. The van der Waals surface area contributed by atoms with Gasteiger partial charge in [0.05, 0.1) is 11.7 Å². The number of carbonyl (C=O) groups excluding carboxylic acids is 1. The first kappa shape index (κ1) is 24.3. The molecule has 0 spiro atoms. The van der Waals surface area contributed by atoms with Gasteiger partial charge in [-0.25, -0.2) is 9.97 Å². The lowest BCUT2D eigenvalue weighted by atomic mass is 9.94. The molecule has 0 saturated carbocycles. The predicted molar refractivity (Wildman–Crippen MR) is 142 cm³/mol. The lowest BCUT2D eigenvalue weighted by Crippen LogP contribution is -2.37. The van der Waals surface area contributed by atoms with Gasteiger partial charge < -0.3 is 15.2 Å². The van der Waals surface area contributed by atoms with E-state index in [0.29, 0.717) is 23.3 Å². The van der Waals surface area contributed by atoms with Crippen LogP contribution in [0.2, 0.25) is 0 Å². The third-order valence-corrected chi connectivity index (χ3v) is 7.95. The van der Waals surface area contributed by atoms with Crippen molar-refractivity contribution >= 4 is 39.0 Å². The topological polar surface area (TPSA) is 109 Å². The molecule has 3 aromatic heterocycles. The Morgan fingerprint density at radius 1 is 1.19 bits per heavy atom. The molecular weight excluding hydrogens is 474 g/mol. The summed E-state index contributed by atoms with van der Waals surface area (Å²) >= 11 is 1.56. The van der Waals surface area contributed by atoms with E-state index in [0.717, 1.165) is 34.4 Å². The summed E-state index contributed by atoms with van der Waals surface area (Å²) in [6, 6.07) is 7.83. The number of nitrogens with zero attached hydrogens (tertiary/aromatic N) is 5. The van der Waals surface area contributed by atoms with Crippen molar-refractivity contribution in [3.05, 3.63) is 46.9 Å². The number of thiazole rings is 1. The zero-order chi connectivity index (χ0) is 25.6. The molecule has 9 nitrogen and oxygen atoms in total. The largest absolute Gasteiger partial charge is 0.365 e. The number of rotatable bonds is 5. The van der Waals surface area contributed by atoms with E-state index >= 15 is 0 Å². The van der Waals surface area contributed by atoms with Crippen molar-refractivity contribution in [2.75, 3.05) is 24.2 Å². The fraction of sp³-hybridized carbons (Fsp3) is 0.423. The van der Waals surface area contributed by atoms with E-state index in [1.807, 2.05) is 38.2 Å². The molecule has 2 atom stereocenters. The van der Waals surface area contributed by atoms with Gasteiger partial charge in [0.15, 0.2) is 5.13 Å². The Balaban J connectivity index is 1.31. The van der Waals surface area contributed by atoms with E-state index in [2.05, 4.69) is 56.4 Å². The normalized spacial score (nSPS) is 18.6. The number of fused-ring (bicyclic) bond motifs is 1. The number of likely N-dealkylation sites (N-methyl/N-ethyl adjacent to an activating group) is 1. The highest BCUT2D eigenvalue weighted by Crippen LogP contribution is 2.34. The average Bonchev–Trinajstić information content (AvgIpc) is 3.51. The number of aromatic nitrogens is 4. The van der Waals surface area contributed by atoms with Gasteiger partial charge in [-0.15, -0.1) is 11.3 Å². The van der Waals surface area contributed by atoms with Gasteiger partial charge in [-0.05, 0) is 43.3 Å². The molecular formula is C26H31N7O2S.